The maximum absolute atomic E-state index is 13.6. The molecule has 2 rings (SSSR count). The Hall–Kier alpha value is -1.88. The van der Waals surface area contributed by atoms with Gasteiger partial charge in [-0.1, -0.05) is 24.3 Å². The smallest absolute Gasteiger partial charge is 0.317 e. The molecule has 2 amide bonds. The first-order chi connectivity index (χ1) is 9.70. The lowest BCUT2D eigenvalue weighted by Gasteiger charge is -2.34. The zero-order chi connectivity index (χ0) is 14.4. The second kappa shape index (κ2) is 7.05. The van der Waals surface area contributed by atoms with Gasteiger partial charge in [-0.3, -0.25) is 4.90 Å². The van der Waals surface area contributed by atoms with Crippen LogP contribution in [-0.4, -0.2) is 48.6 Å². The SMILES string of the molecule is C=CCNC(=O)N1CCN(Cc2ccccc2F)CC1. The number of benzene rings is 1. The summed E-state index contributed by atoms with van der Waals surface area (Å²) in [5.74, 6) is -0.168. The van der Waals surface area contributed by atoms with Crippen molar-refractivity contribution in [2.75, 3.05) is 32.7 Å². The molecule has 1 aliphatic rings. The van der Waals surface area contributed by atoms with E-state index in [4.69, 9.17) is 0 Å². The van der Waals surface area contributed by atoms with Crippen LogP contribution in [0.4, 0.5) is 9.18 Å². The Kier molecular flexibility index (Phi) is 5.12. The van der Waals surface area contributed by atoms with Gasteiger partial charge in [0.05, 0.1) is 0 Å². The zero-order valence-corrected chi connectivity index (χ0v) is 11.5. The van der Waals surface area contributed by atoms with E-state index in [2.05, 4.69) is 16.8 Å². The maximum Gasteiger partial charge on any atom is 0.317 e. The summed E-state index contributed by atoms with van der Waals surface area (Å²) in [5.41, 5.74) is 0.706. The molecule has 0 saturated carbocycles. The summed E-state index contributed by atoms with van der Waals surface area (Å²) in [6, 6.07) is 6.76. The van der Waals surface area contributed by atoms with Crippen LogP contribution >= 0.6 is 0 Å². The minimum atomic E-state index is -0.168. The lowest BCUT2D eigenvalue weighted by atomic mass is 10.2. The van der Waals surface area contributed by atoms with Gasteiger partial charge in [-0.05, 0) is 6.07 Å². The first-order valence-corrected chi connectivity index (χ1v) is 6.80. The minimum absolute atomic E-state index is 0.0598. The van der Waals surface area contributed by atoms with Crippen molar-refractivity contribution in [3.8, 4) is 0 Å². The highest BCUT2D eigenvalue weighted by Crippen LogP contribution is 2.12. The van der Waals surface area contributed by atoms with Gasteiger partial charge in [0, 0.05) is 44.8 Å². The van der Waals surface area contributed by atoms with Crippen LogP contribution in [-0.2, 0) is 6.54 Å². The van der Waals surface area contributed by atoms with Gasteiger partial charge in [-0.15, -0.1) is 6.58 Å². The third kappa shape index (κ3) is 3.81. The number of piperazine rings is 1. The maximum atomic E-state index is 13.6. The van der Waals surface area contributed by atoms with Crippen molar-refractivity contribution in [2.45, 2.75) is 6.54 Å². The van der Waals surface area contributed by atoms with Crippen molar-refractivity contribution in [1.82, 2.24) is 15.1 Å². The van der Waals surface area contributed by atoms with E-state index in [-0.39, 0.29) is 11.8 Å². The number of halogens is 1. The second-order valence-electron chi connectivity index (χ2n) is 4.83. The lowest BCUT2D eigenvalue weighted by Crippen LogP contribution is -2.51. The Morgan fingerprint density at radius 1 is 1.30 bits per heavy atom. The van der Waals surface area contributed by atoms with Crippen molar-refractivity contribution < 1.29 is 9.18 Å². The predicted octanol–water partition coefficient (Wildman–Crippen LogP) is 1.84. The summed E-state index contributed by atoms with van der Waals surface area (Å²) in [6.07, 6.45) is 1.66. The van der Waals surface area contributed by atoms with E-state index in [0.29, 0.717) is 31.7 Å². The largest absolute Gasteiger partial charge is 0.335 e. The molecule has 4 nitrogen and oxygen atoms in total. The highest BCUT2D eigenvalue weighted by atomic mass is 19.1. The van der Waals surface area contributed by atoms with E-state index in [9.17, 15) is 9.18 Å². The molecule has 1 aromatic carbocycles. The number of carbonyl (C=O) groups excluding carboxylic acids is 1. The molecule has 1 saturated heterocycles. The average Bonchev–Trinajstić information content (AvgIpc) is 2.48. The quantitative estimate of drug-likeness (QED) is 0.852. The van der Waals surface area contributed by atoms with E-state index in [1.54, 1.807) is 23.1 Å². The fourth-order valence-electron chi connectivity index (χ4n) is 2.25. The molecule has 0 radical (unpaired) electrons. The molecule has 1 fully saturated rings. The van der Waals surface area contributed by atoms with Crippen LogP contribution in [0.5, 0.6) is 0 Å². The number of urea groups is 1. The lowest BCUT2D eigenvalue weighted by molar-refractivity contribution is 0.135. The van der Waals surface area contributed by atoms with E-state index < -0.39 is 0 Å². The monoisotopic (exact) mass is 277 g/mol. The molecule has 1 aliphatic heterocycles. The Morgan fingerprint density at radius 2 is 2.00 bits per heavy atom. The number of rotatable bonds is 4. The van der Waals surface area contributed by atoms with Gasteiger partial charge in [0.15, 0.2) is 0 Å². The molecule has 20 heavy (non-hydrogen) atoms. The Bertz CT molecular complexity index is 470. The van der Waals surface area contributed by atoms with E-state index in [0.717, 1.165) is 13.1 Å². The van der Waals surface area contributed by atoms with Crippen LogP contribution in [0.1, 0.15) is 5.56 Å². The number of carbonyl (C=O) groups is 1. The Labute approximate surface area is 118 Å². The molecule has 0 aromatic heterocycles. The predicted molar refractivity (Wildman–Crippen MR) is 76.8 cm³/mol. The molecule has 0 unspecified atom stereocenters. The molecule has 0 aliphatic carbocycles. The molecule has 0 spiro atoms. The van der Waals surface area contributed by atoms with Crippen molar-refractivity contribution >= 4 is 6.03 Å². The third-order valence-corrected chi connectivity index (χ3v) is 3.41. The summed E-state index contributed by atoms with van der Waals surface area (Å²) in [7, 11) is 0. The fraction of sp³-hybridized carbons (Fsp3) is 0.400. The van der Waals surface area contributed by atoms with Crippen LogP contribution in [0.3, 0.4) is 0 Å². The van der Waals surface area contributed by atoms with Crippen LogP contribution in [0.15, 0.2) is 36.9 Å². The number of hydrogen-bond acceptors (Lipinski definition) is 2. The van der Waals surface area contributed by atoms with Crippen LogP contribution in [0, 0.1) is 5.82 Å². The first-order valence-electron chi connectivity index (χ1n) is 6.80. The van der Waals surface area contributed by atoms with Crippen molar-refractivity contribution in [3.63, 3.8) is 0 Å². The van der Waals surface area contributed by atoms with Gasteiger partial charge in [0.2, 0.25) is 0 Å². The summed E-state index contributed by atoms with van der Waals surface area (Å²) in [6.45, 7) is 7.49. The summed E-state index contributed by atoms with van der Waals surface area (Å²) >= 11 is 0. The molecule has 1 N–H and O–H groups in total. The average molecular weight is 277 g/mol. The van der Waals surface area contributed by atoms with Gasteiger partial charge in [-0.2, -0.15) is 0 Å². The van der Waals surface area contributed by atoms with Gasteiger partial charge in [0.1, 0.15) is 5.82 Å². The number of hydrogen-bond donors (Lipinski definition) is 1. The van der Waals surface area contributed by atoms with Gasteiger partial charge in [0.25, 0.3) is 0 Å². The Balaban J connectivity index is 1.81. The third-order valence-electron chi connectivity index (χ3n) is 3.41. The molecule has 0 atom stereocenters. The van der Waals surface area contributed by atoms with Crippen LogP contribution < -0.4 is 5.32 Å². The summed E-state index contributed by atoms with van der Waals surface area (Å²) in [4.78, 5) is 15.7. The second-order valence-corrected chi connectivity index (χ2v) is 4.83. The molecular formula is C15H20FN3O. The molecule has 108 valence electrons. The number of amides is 2. The topological polar surface area (TPSA) is 35.6 Å². The fourth-order valence-corrected chi connectivity index (χ4v) is 2.25. The summed E-state index contributed by atoms with van der Waals surface area (Å²) < 4.78 is 13.6. The van der Waals surface area contributed by atoms with Crippen LogP contribution in [0.25, 0.3) is 0 Å². The van der Waals surface area contributed by atoms with Gasteiger partial charge in [-0.25, -0.2) is 9.18 Å². The Morgan fingerprint density at radius 3 is 2.65 bits per heavy atom. The van der Waals surface area contributed by atoms with Gasteiger partial charge < -0.3 is 10.2 Å². The number of nitrogens with one attached hydrogen (secondary N) is 1. The van der Waals surface area contributed by atoms with Crippen molar-refractivity contribution in [1.29, 1.82) is 0 Å². The minimum Gasteiger partial charge on any atom is -0.335 e. The molecule has 1 heterocycles. The van der Waals surface area contributed by atoms with E-state index in [1.807, 2.05) is 6.07 Å². The molecule has 0 bridgehead atoms. The zero-order valence-electron chi connectivity index (χ0n) is 11.5. The van der Waals surface area contributed by atoms with Gasteiger partial charge >= 0.3 is 6.03 Å². The number of nitrogens with zero attached hydrogens (tertiary/aromatic N) is 2. The first kappa shape index (κ1) is 14.5. The molecular weight excluding hydrogens is 257 g/mol. The standard InChI is InChI=1S/C15H20FN3O/c1-2-7-17-15(20)19-10-8-18(9-11-19)12-13-5-3-4-6-14(13)16/h2-6H,1,7-12H2,(H,17,20). The highest BCUT2D eigenvalue weighted by Gasteiger charge is 2.21. The normalized spacial score (nSPS) is 15.9. The molecule has 5 heteroatoms. The van der Waals surface area contributed by atoms with E-state index in [1.165, 1.54) is 6.07 Å². The van der Waals surface area contributed by atoms with Crippen molar-refractivity contribution in [2.24, 2.45) is 0 Å². The van der Waals surface area contributed by atoms with Crippen molar-refractivity contribution in [3.05, 3.63) is 48.3 Å². The highest BCUT2D eigenvalue weighted by molar-refractivity contribution is 5.74. The summed E-state index contributed by atoms with van der Waals surface area (Å²) in [5, 5.41) is 2.77. The molecule has 1 aromatic rings. The van der Waals surface area contributed by atoms with E-state index >= 15 is 0 Å². The van der Waals surface area contributed by atoms with Crippen LogP contribution in [0.2, 0.25) is 0 Å².